The van der Waals surface area contributed by atoms with Crippen LogP contribution in [-0.4, -0.2) is 22.2 Å². The van der Waals surface area contributed by atoms with E-state index in [1.54, 1.807) is 31.8 Å². The van der Waals surface area contributed by atoms with Gasteiger partial charge in [-0.05, 0) is 23.3 Å². The van der Waals surface area contributed by atoms with Crippen molar-refractivity contribution in [3.8, 4) is 5.88 Å². The van der Waals surface area contributed by atoms with Crippen LogP contribution in [0, 0.1) is 0 Å². The summed E-state index contributed by atoms with van der Waals surface area (Å²) in [6.07, 6.45) is 5.05. The number of pyridine rings is 2. The molecule has 0 fully saturated rings. The molecule has 0 aliphatic carbocycles. The molecule has 0 aromatic carbocycles. The van der Waals surface area contributed by atoms with Crippen molar-refractivity contribution in [3.05, 3.63) is 54.0 Å². The highest BCUT2D eigenvalue weighted by molar-refractivity contribution is 5.21. The Kier molecular flexibility index (Phi) is 3.67. The highest BCUT2D eigenvalue weighted by Crippen LogP contribution is 2.18. The number of hydrogen-bond acceptors (Lipinski definition) is 4. The summed E-state index contributed by atoms with van der Waals surface area (Å²) in [5.74, 6) is 0.544. The molecule has 4 nitrogen and oxygen atoms in total. The summed E-state index contributed by atoms with van der Waals surface area (Å²) < 4.78 is 4.96. The quantitative estimate of drug-likeness (QED) is 0.869. The first-order valence-corrected chi connectivity index (χ1v) is 5.36. The van der Waals surface area contributed by atoms with Gasteiger partial charge in [0.25, 0.3) is 0 Å². The van der Waals surface area contributed by atoms with E-state index < -0.39 is 6.10 Å². The van der Waals surface area contributed by atoms with Crippen molar-refractivity contribution in [2.75, 3.05) is 7.11 Å². The number of methoxy groups -OCH3 is 1. The van der Waals surface area contributed by atoms with Crippen LogP contribution in [0.3, 0.4) is 0 Å². The lowest BCUT2D eigenvalue weighted by Gasteiger charge is -2.10. The normalized spacial score (nSPS) is 12.1. The Balaban J connectivity index is 2.06. The molecule has 0 radical (unpaired) electrons. The zero-order valence-corrected chi connectivity index (χ0v) is 9.58. The summed E-state index contributed by atoms with van der Waals surface area (Å²) in [5, 5.41) is 10.0. The number of nitrogens with zero attached hydrogens (tertiary/aromatic N) is 2. The highest BCUT2D eigenvalue weighted by Gasteiger charge is 2.09. The minimum absolute atomic E-state index is 0.530. The number of rotatable bonds is 4. The monoisotopic (exact) mass is 230 g/mol. The lowest BCUT2D eigenvalue weighted by atomic mass is 10.0. The van der Waals surface area contributed by atoms with Gasteiger partial charge < -0.3 is 9.84 Å². The number of aromatic nitrogens is 2. The lowest BCUT2D eigenvalue weighted by Crippen LogP contribution is -2.02. The van der Waals surface area contributed by atoms with Crippen LogP contribution in [0.4, 0.5) is 0 Å². The SMILES string of the molecule is COc1ccc(C(O)Cc2cccnc2)cn1. The predicted octanol–water partition coefficient (Wildman–Crippen LogP) is 1.76. The maximum Gasteiger partial charge on any atom is 0.212 e. The summed E-state index contributed by atoms with van der Waals surface area (Å²) in [5.41, 5.74) is 1.77. The summed E-state index contributed by atoms with van der Waals surface area (Å²) in [6.45, 7) is 0. The van der Waals surface area contributed by atoms with Crippen molar-refractivity contribution >= 4 is 0 Å². The summed E-state index contributed by atoms with van der Waals surface area (Å²) in [4.78, 5) is 8.07. The molecular weight excluding hydrogens is 216 g/mol. The molecule has 0 saturated carbocycles. The van der Waals surface area contributed by atoms with E-state index in [1.165, 1.54) is 0 Å². The predicted molar refractivity (Wildman–Crippen MR) is 63.7 cm³/mol. The average molecular weight is 230 g/mol. The van der Waals surface area contributed by atoms with Gasteiger partial charge in [0, 0.05) is 31.1 Å². The largest absolute Gasteiger partial charge is 0.481 e. The van der Waals surface area contributed by atoms with Gasteiger partial charge in [0.05, 0.1) is 13.2 Å². The average Bonchev–Trinajstić information content (AvgIpc) is 2.40. The van der Waals surface area contributed by atoms with Gasteiger partial charge in [0.1, 0.15) is 0 Å². The number of hydrogen-bond donors (Lipinski definition) is 1. The lowest BCUT2D eigenvalue weighted by molar-refractivity contribution is 0.177. The molecule has 0 spiro atoms. The molecule has 0 bridgehead atoms. The van der Waals surface area contributed by atoms with Crippen molar-refractivity contribution in [2.45, 2.75) is 12.5 Å². The fourth-order valence-electron chi connectivity index (χ4n) is 1.57. The van der Waals surface area contributed by atoms with Crippen LogP contribution in [0.1, 0.15) is 17.2 Å². The third kappa shape index (κ3) is 3.01. The zero-order chi connectivity index (χ0) is 12.1. The Labute approximate surface area is 99.9 Å². The third-order valence-electron chi connectivity index (χ3n) is 2.50. The Bertz CT molecular complexity index is 457. The van der Waals surface area contributed by atoms with E-state index in [2.05, 4.69) is 9.97 Å². The molecule has 0 aliphatic heterocycles. The highest BCUT2D eigenvalue weighted by atomic mass is 16.5. The van der Waals surface area contributed by atoms with E-state index >= 15 is 0 Å². The minimum atomic E-state index is -0.572. The number of aliphatic hydroxyl groups excluding tert-OH is 1. The molecule has 2 heterocycles. The minimum Gasteiger partial charge on any atom is -0.481 e. The first kappa shape index (κ1) is 11.5. The molecule has 0 amide bonds. The Morgan fingerprint density at radius 1 is 1.29 bits per heavy atom. The Morgan fingerprint density at radius 2 is 2.18 bits per heavy atom. The molecule has 0 aliphatic rings. The van der Waals surface area contributed by atoms with E-state index in [0.717, 1.165) is 11.1 Å². The van der Waals surface area contributed by atoms with Crippen LogP contribution in [-0.2, 0) is 6.42 Å². The third-order valence-corrected chi connectivity index (χ3v) is 2.50. The molecule has 4 heteroatoms. The molecular formula is C13H14N2O2. The second kappa shape index (κ2) is 5.41. The summed E-state index contributed by atoms with van der Waals surface area (Å²) in [7, 11) is 1.56. The first-order chi connectivity index (χ1) is 8.29. The van der Waals surface area contributed by atoms with Crippen LogP contribution in [0.2, 0.25) is 0 Å². The molecule has 88 valence electrons. The molecule has 1 atom stereocenters. The van der Waals surface area contributed by atoms with E-state index in [-0.39, 0.29) is 0 Å². The summed E-state index contributed by atoms with van der Waals surface area (Å²) in [6, 6.07) is 7.34. The molecule has 2 aromatic heterocycles. The maximum absolute atomic E-state index is 10.0. The first-order valence-electron chi connectivity index (χ1n) is 5.36. The van der Waals surface area contributed by atoms with Crippen molar-refractivity contribution in [1.29, 1.82) is 0 Å². The zero-order valence-electron chi connectivity index (χ0n) is 9.58. The van der Waals surface area contributed by atoms with Gasteiger partial charge >= 0.3 is 0 Å². The molecule has 1 N–H and O–H groups in total. The molecule has 1 unspecified atom stereocenters. The standard InChI is InChI=1S/C13H14N2O2/c1-17-13-5-4-11(9-15-13)12(16)7-10-3-2-6-14-8-10/h2-6,8-9,12,16H,7H2,1H3. The van der Waals surface area contributed by atoms with Crippen molar-refractivity contribution < 1.29 is 9.84 Å². The second-order valence-electron chi connectivity index (χ2n) is 3.72. The van der Waals surface area contributed by atoms with E-state index in [0.29, 0.717) is 12.3 Å². The van der Waals surface area contributed by atoms with Gasteiger partial charge in [-0.1, -0.05) is 6.07 Å². The Morgan fingerprint density at radius 3 is 2.76 bits per heavy atom. The molecule has 17 heavy (non-hydrogen) atoms. The van der Waals surface area contributed by atoms with Gasteiger partial charge in [-0.2, -0.15) is 0 Å². The fraction of sp³-hybridized carbons (Fsp3) is 0.231. The van der Waals surface area contributed by atoms with E-state index in [1.807, 2.05) is 18.2 Å². The van der Waals surface area contributed by atoms with Gasteiger partial charge in [0.15, 0.2) is 0 Å². The molecule has 2 rings (SSSR count). The van der Waals surface area contributed by atoms with Crippen molar-refractivity contribution in [2.24, 2.45) is 0 Å². The van der Waals surface area contributed by atoms with Crippen LogP contribution in [0.15, 0.2) is 42.9 Å². The second-order valence-corrected chi connectivity index (χ2v) is 3.72. The smallest absolute Gasteiger partial charge is 0.212 e. The molecule has 2 aromatic rings. The van der Waals surface area contributed by atoms with Crippen molar-refractivity contribution in [3.63, 3.8) is 0 Å². The van der Waals surface area contributed by atoms with E-state index in [9.17, 15) is 5.11 Å². The van der Waals surface area contributed by atoms with Gasteiger partial charge in [-0.3, -0.25) is 4.98 Å². The van der Waals surface area contributed by atoms with Gasteiger partial charge in [0.2, 0.25) is 5.88 Å². The summed E-state index contributed by atoms with van der Waals surface area (Å²) >= 11 is 0. The number of aliphatic hydroxyl groups is 1. The fourth-order valence-corrected chi connectivity index (χ4v) is 1.57. The maximum atomic E-state index is 10.0. The van der Waals surface area contributed by atoms with Crippen LogP contribution < -0.4 is 4.74 Å². The van der Waals surface area contributed by atoms with Crippen molar-refractivity contribution in [1.82, 2.24) is 9.97 Å². The molecule has 0 saturated heterocycles. The van der Waals surface area contributed by atoms with Gasteiger partial charge in [-0.25, -0.2) is 4.98 Å². The Hall–Kier alpha value is -1.94. The van der Waals surface area contributed by atoms with Crippen LogP contribution >= 0.6 is 0 Å². The van der Waals surface area contributed by atoms with Gasteiger partial charge in [-0.15, -0.1) is 0 Å². The number of ether oxygens (including phenoxy) is 1. The topological polar surface area (TPSA) is 55.2 Å². The van der Waals surface area contributed by atoms with Crippen LogP contribution in [0.25, 0.3) is 0 Å². The van der Waals surface area contributed by atoms with E-state index in [4.69, 9.17) is 4.74 Å². The van der Waals surface area contributed by atoms with Crippen LogP contribution in [0.5, 0.6) is 5.88 Å².